The molecule has 0 fully saturated rings. The van der Waals surface area contributed by atoms with E-state index in [-0.39, 0.29) is 26.1 Å². The van der Waals surface area contributed by atoms with Crippen molar-refractivity contribution in [1.29, 1.82) is 0 Å². The SMILES string of the molecule is CC/C=C\C/C=C\C/C=C\C/C=C\C/C=C\C/C=C\CCC(=O)O[C@H](COC(=O)CCCCCCC/C=C\C/C=C\C/C=C\CC)COP(=O)(O)OCC[N+](C)(C)C. The van der Waals surface area contributed by atoms with Crippen LogP contribution in [-0.4, -0.2) is 74.9 Å². The van der Waals surface area contributed by atoms with E-state index in [2.05, 4.69) is 111 Å². The topological polar surface area (TPSA) is 108 Å². The zero-order chi connectivity index (χ0) is 42.8. The lowest BCUT2D eigenvalue weighted by Crippen LogP contribution is -2.37. The summed E-state index contributed by atoms with van der Waals surface area (Å²) in [7, 11) is 1.40. The molecule has 0 aromatic carbocycles. The van der Waals surface area contributed by atoms with Crippen LogP contribution >= 0.6 is 7.82 Å². The molecular weight excluding hydrogens is 750 g/mol. The molecule has 0 aromatic heterocycles. The minimum Gasteiger partial charge on any atom is -0.462 e. The predicted octanol–water partition coefficient (Wildman–Crippen LogP) is 12.3. The number of ether oxygens (including phenoxy) is 2. The van der Waals surface area contributed by atoms with Gasteiger partial charge in [0, 0.05) is 12.8 Å². The fourth-order valence-corrected chi connectivity index (χ4v) is 5.73. The lowest BCUT2D eigenvalue weighted by atomic mass is 10.1. The number of unbranched alkanes of at least 4 members (excludes halogenated alkanes) is 5. The molecule has 0 heterocycles. The number of likely N-dealkylation sites (N-methyl/N-ethyl adjacent to an activating group) is 1. The third-order valence-electron chi connectivity index (χ3n) is 8.31. The van der Waals surface area contributed by atoms with Crippen molar-refractivity contribution >= 4 is 19.8 Å². The monoisotopic (exact) mass is 829 g/mol. The highest BCUT2D eigenvalue weighted by Gasteiger charge is 2.27. The van der Waals surface area contributed by atoms with Gasteiger partial charge in [0.05, 0.1) is 27.7 Å². The number of carbonyl (C=O) groups is 2. The van der Waals surface area contributed by atoms with Gasteiger partial charge in [-0.1, -0.05) is 142 Å². The number of quaternary nitrogens is 1. The molecule has 9 nitrogen and oxygen atoms in total. The Morgan fingerprint density at radius 1 is 0.534 bits per heavy atom. The Balaban J connectivity index is 4.56. The van der Waals surface area contributed by atoms with Crippen LogP contribution in [0.15, 0.2) is 109 Å². The van der Waals surface area contributed by atoms with Gasteiger partial charge in [-0.15, -0.1) is 0 Å². The molecule has 0 amide bonds. The number of allylic oxidation sites excluding steroid dienone is 18. The van der Waals surface area contributed by atoms with Crippen LogP contribution in [-0.2, 0) is 32.7 Å². The minimum absolute atomic E-state index is 0.00833. The number of phosphoric acid groups is 1. The molecule has 0 radical (unpaired) electrons. The highest BCUT2D eigenvalue weighted by molar-refractivity contribution is 7.47. The van der Waals surface area contributed by atoms with Crippen LogP contribution in [0.3, 0.4) is 0 Å². The Morgan fingerprint density at radius 3 is 1.45 bits per heavy atom. The van der Waals surface area contributed by atoms with Crippen LogP contribution in [0.1, 0.15) is 129 Å². The Morgan fingerprint density at radius 2 is 0.966 bits per heavy atom. The van der Waals surface area contributed by atoms with Crippen LogP contribution in [0, 0.1) is 0 Å². The van der Waals surface area contributed by atoms with E-state index < -0.39 is 32.5 Å². The number of hydrogen-bond donors (Lipinski definition) is 1. The van der Waals surface area contributed by atoms with E-state index in [4.69, 9.17) is 18.5 Å². The van der Waals surface area contributed by atoms with Crippen LogP contribution in [0.2, 0.25) is 0 Å². The number of nitrogens with zero attached hydrogens (tertiary/aromatic N) is 1. The fourth-order valence-electron chi connectivity index (χ4n) is 4.99. The second-order valence-corrected chi connectivity index (χ2v) is 16.4. The fraction of sp³-hybridized carbons (Fsp3) is 0.583. The summed E-state index contributed by atoms with van der Waals surface area (Å²) in [4.78, 5) is 35.3. The van der Waals surface area contributed by atoms with Crippen molar-refractivity contribution in [2.75, 3.05) is 47.5 Å². The van der Waals surface area contributed by atoms with Gasteiger partial charge in [-0.05, 0) is 83.5 Å². The van der Waals surface area contributed by atoms with Crippen LogP contribution in [0.4, 0.5) is 0 Å². The summed E-state index contributed by atoms with van der Waals surface area (Å²) in [5, 5.41) is 0. The summed E-state index contributed by atoms with van der Waals surface area (Å²) in [6.07, 6.45) is 53.0. The zero-order valence-corrected chi connectivity index (χ0v) is 37.6. The molecular formula is C48H79NO8P+. The standard InChI is InChI=1S/C48H78NO8P/c1-6-8-10-12-14-16-18-20-22-23-24-25-27-29-31-33-35-37-39-41-48(51)57-46(45-56-58(52,53)55-43-42-49(3,4)5)44-54-47(50)40-38-36-34-32-30-28-26-21-19-17-15-13-11-9-7-2/h8-11,14-17,20-22,24-26,29,31,35,37,46H,6-7,12-13,18-19,23,27-28,30,32-34,36,38-45H2,1-5H3/p+1/b10-8-,11-9-,16-14-,17-15-,22-20-,25-24-,26-21-,31-29-,37-35-/t46-/m1/s1. The third-order valence-corrected chi connectivity index (χ3v) is 9.30. The smallest absolute Gasteiger partial charge is 0.462 e. The number of hydrogen-bond acceptors (Lipinski definition) is 7. The second-order valence-electron chi connectivity index (χ2n) is 15.0. The first kappa shape index (κ1) is 54.7. The van der Waals surface area contributed by atoms with Crippen molar-refractivity contribution in [3.8, 4) is 0 Å². The van der Waals surface area contributed by atoms with Gasteiger partial charge in [0.2, 0.25) is 0 Å². The third kappa shape index (κ3) is 42.3. The van der Waals surface area contributed by atoms with Crippen LogP contribution < -0.4 is 0 Å². The van der Waals surface area contributed by atoms with Crippen LogP contribution in [0.5, 0.6) is 0 Å². The zero-order valence-electron chi connectivity index (χ0n) is 36.7. The summed E-state index contributed by atoms with van der Waals surface area (Å²) >= 11 is 0. The van der Waals surface area contributed by atoms with E-state index in [0.717, 1.165) is 89.9 Å². The summed E-state index contributed by atoms with van der Waals surface area (Å²) in [6, 6.07) is 0. The lowest BCUT2D eigenvalue weighted by Gasteiger charge is -2.24. The summed E-state index contributed by atoms with van der Waals surface area (Å²) < 4.78 is 34.2. The average molecular weight is 829 g/mol. The molecule has 10 heteroatoms. The van der Waals surface area contributed by atoms with Gasteiger partial charge < -0.3 is 18.9 Å². The van der Waals surface area contributed by atoms with Crippen molar-refractivity contribution in [2.45, 2.75) is 136 Å². The molecule has 0 saturated heterocycles. The molecule has 0 aliphatic carbocycles. The van der Waals surface area contributed by atoms with Crippen molar-refractivity contribution < 1.29 is 42.1 Å². The van der Waals surface area contributed by atoms with Gasteiger partial charge in [-0.3, -0.25) is 18.6 Å². The number of carbonyl (C=O) groups excluding carboxylic acids is 2. The maximum absolute atomic E-state index is 12.7. The van der Waals surface area contributed by atoms with E-state index >= 15 is 0 Å². The molecule has 328 valence electrons. The summed E-state index contributed by atoms with van der Waals surface area (Å²) in [5.41, 5.74) is 0. The molecule has 1 N–H and O–H groups in total. The predicted molar refractivity (Wildman–Crippen MR) is 242 cm³/mol. The van der Waals surface area contributed by atoms with Crippen molar-refractivity contribution in [3.05, 3.63) is 109 Å². The van der Waals surface area contributed by atoms with E-state index in [1.807, 2.05) is 33.3 Å². The molecule has 0 spiro atoms. The first-order valence-corrected chi connectivity index (χ1v) is 23.1. The Kier molecular flexibility index (Phi) is 36.9. The molecule has 2 atom stereocenters. The largest absolute Gasteiger partial charge is 0.472 e. The Bertz CT molecular complexity index is 1350. The van der Waals surface area contributed by atoms with Crippen molar-refractivity contribution in [2.24, 2.45) is 0 Å². The molecule has 0 aromatic rings. The first-order valence-electron chi connectivity index (χ1n) is 21.6. The van der Waals surface area contributed by atoms with E-state index in [9.17, 15) is 19.0 Å². The Labute approximate surface area is 353 Å². The Hall–Kier alpha value is -3.33. The first-order chi connectivity index (χ1) is 28.0. The number of phosphoric ester groups is 1. The number of rotatable bonds is 37. The number of esters is 2. The molecule has 0 rings (SSSR count). The van der Waals surface area contributed by atoms with Crippen molar-refractivity contribution in [3.63, 3.8) is 0 Å². The second kappa shape index (κ2) is 39.1. The summed E-state index contributed by atoms with van der Waals surface area (Å²) in [5.74, 6) is -0.930. The van der Waals surface area contributed by atoms with E-state index in [0.29, 0.717) is 23.9 Å². The maximum atomic E-state index is 12.7. The van der Waals surface area contributed by atoms with Gasteiger partial charge in [0.1, 0.15) is 19.8 Å². The molecule has 0 aliphatic heterocycles. The maximum Gasteiger partial charge on any atom is 0.472 e. The highest BCUT2D eigenvalue weighted by atomic mass is 31.2. The molecule has 0 aliphatic rings. The van der Waals surface area contributed by atoms with Gasteiger partial charge in [0.15, 0.2) is 6.10 Å². The summed E-state index contributed by atoms with van der Waals surface area (Å²) in [6.45, 7) is 4.05. The van der Waals surface area contributed by atoms with E-state index in [1.54, 1.807) is 0 Å². The minimum atomic E-state index is -4.41. The molecule has 58 heavy (non-hydrogen) atoms. The highest BCUT2D eigenvalue weighted by Crippen LogP contribution is 2.43. The van der Waals surface area contributed by atoms with Gasteiger partial charge in [-0.2, -0.15) is 0 Å². The molecule has 1 unspecified atom stereocenters. The molecule has 0 saturated carbocycles. The van der Waals surface area contributed by atoms with E-state index in [1.165, 1.54) is 0 Å². The normalized spacial score (nSPS) is 14.7. The lowest BCUT2D eigenvalue weighted by molar-refractivity contribution is -0.870. The molecule has 0 bridgehead atoms. The van der Waals surface area contributed by atoms with Crippen LogP contribution in [0.25, 0.3) is 0 Å². The average Bonchev–Trinajstić information content (AvgIpc) is 3.17. The van der Waals surface area contributed by atoms with Gasteiger partial charge in [0.25, 0.3) is 0 Å². The van der Waals surface area contributed by atoms with Gasteiger partial charge in [-0.25, -0.2) is 4.57 Å². The quantitative estimate of drug-likeness (QED) is 0.0217. The van der Waals surface area contributed by atoms with Crippen molar-refractivity contribution in [1.82, 2.24) is 0 Å². The van der Waals surface area contributed by atoms with Gasteiger partial charge >= 0.3 is 19.8 Å².